The molecule has 0 aliphatic carbocycles. The number of benzene rings is 1. The van der Waals surface area contributed by atoms with Crippen LogP contribution in [0.1, 0.15) is 66.2 Å². The summed E-state index contributed by atoms with van der Waals surface area (Å²) in [5, 5.41) is 2.87. The minimum atomic E-state index is -0.504. The summed E-state index contributed by atoms with van der Waals surface area (Å²) in [6.07, 6.45) is 8.53. The molecule has 0 aromatic heterocycles. The van der Waals surface area contributed by atoms with Gasteiger partial charge in [-0.25, -0.2) is 4.79 Å². The Morgan fingerprint density at radius 2 is 1.74 bits per heavy atom. The number of carbonyl (C=O) groups excluding carboxylic acids is 2. The molecule has 0 aliphatic heterocycles. The second-order valence-corrected chi connectivity index (χ2v) is 5.46. The van der Waals surface area contributed by atoms with E-state index in [4.69, 9.17) is 4.74 Å². The lowest BCUT2D eigenvalue weighted by Gasteiger charge is -2.09. The van der Waals surface area contributed by atoms with Gasteiger partial charge in [-0.05, 0) is 18.6 Å². The maximum Gasteiger partial charge on any atom is 0.339 e. The largest absolute Gasteiger partial charge is 0.458 e. The van der Waals surface area contributed by atoms with E-state index in [9.17, 15) is 9.59 Å². The topological polar surface area (TPSA) is 55.4 Å². The van der Waals surface area contributed by atoms with Gasteiger partial charge in [-0.1, -0.05) is 63.8 Å². The Morgan fingerprint density at radius 1 is 1.09 bits per heavy atom. The Kier molecular flexibility index (Phi) is 9.45. The van der Waals surface area contributed by atoms with Gasteiger partial charge >= 0.3 is 5.97 Å². The number of hydrogen-bond acceptors (Lipinski definition) is 3. The number of ether oxygens (including phenoxy) is 1. The van der Waals surface area contributed by atoms with Crippen LogP contribution in [0.5, 0.6) is 0 Å². The molecule has 0 saturated carbocycles. The van der Waals surface area contributed by atoms with Crippen LogP contribution >= 0.6 is 0 Å². The zero-order valence-electron chi connectivity index (χ0n) is 14.0. The minimum Gasteiger partial charge on any atom is -0.458 e. The first-order chi connectivity index (χ1) is 11.2. The van der Waals surface area contributed by atoms with Crippen molar-refractivity contribution in [1.29, 1.82) is 0 Å². The van der Waals surface area contributed by atoms with Crippen LogP contribution in [0.4, 0.5) is 0 Å². The van der Waals surface area contributed by atoms with E-state index in [0.29, 0.717) is 12.1 Å². The second-order valence-electron chi connectivity index (χ2n) is 5.46. The van der Waals surface area contributed by atoms with Crippen LogP contribution in [-0.2, 0) is 4.74 Å². The Balaban J connectivity index is 2.46. The van der Waals surface area contributed by atoms with E-state index in [-0.39, 0.29) is 18.1 Å². The maximum absolute atomic E-state index is 12.2. The average Bonchev–Trinajstić information content (AvgIpc) is 2.58. The van der Waals surface area contributed by atoms with Gasteiger partial charge < -0.3 is 10.1 Å². The number of esters is 1. The number of hydrogen-bond donors (Lipinski definition) is 1. The highest BCUT2D eigenvalue weighted by molar-refractivity contribution is 6.05. The summed E-state index contributed by atoms with van der Waals surface area (Å²) in [5.74, 6) is -0.736. The molecule has 0 radical (unpaired) electrons. The predicted octanol–water partition coefficient (Wildman–Crippen LogP) is 4.12. The van der Waals surface area contributed by atoms with Crippen molar-refractivity contribution in [2.24, 2.45) is 0 Å². The van der Waals surface area contributed by atoms with Crippen LogP contribution in [0, 0.1) is 0 Å². The molecule has 23 heavy (non-hydrogen) atoms. The second kappa shape index (κ2) is 11.5. The summed E-state index contributed by atoms with van der Waals surface area (Å²) in [6.45, 7) is 6.45. The number of nitrogens with one attached hydrogen (secondary N) is 1. The van der Waals surface area contributed by atoms with E-state index >= 15 is 0 Å². The minimum absolute atomic E-state index is 0.131. The molecule has 0 fully saturated rings. The molecule has 4 nitrogen and oxygen atoms in total. The van der Waals surface area contributed by atoms with Gasteiger partial charge in [0.15, 0.2) is 0 Å². The third-order valence-electron chi connectivity index (χ3n) is 3.54. The normalized spacial score (nSPS) is 10.1. The fourth-order valence-corrected chi connectivity index (χ4v) is 2.27. The van der Waals surface area contributed by atoms with E-state index in [1.165, 1.54) is 31.8 Å². The van der Waals surface area contributed by atoms with Crippen LogP contribution in [-0.4, -0.2) is 25.0 Å². The summed E-state index contributed by atoms with van der Waals surface area (Å²) >= 11 is 0. The SMILES string of the molecule is C=CCOC(=O)c1ccccc1C(=O)NCCCCCCCC. The van der Waals surface area contributed by atoms with E-state index in [1.54, 1.807) is 24.3 Å². The van der Waals surface area contributed by atoms with Gasteiger partial charge in [0.1, 0.15) is 6.61 Å². The molecule has 1 amide bonds. The van der Waals surface area contributed by atoms with Crippen molar-refractivity contribution in [2.75, 3.05) is 13.2 Å². The fourth-order valence-electron chi connectivity index (χ4n) is 2.27. The van der Waals surface area contributed by atoms with Gasteiger partial charge in [0.25, 0.3) is 5.91 Å². The number of carbonyl (C=O) groups is 2. The quantitative estimate of drug-likeness (QED) is 0.379. The molecule has 0 saturated heterocycles. The molecular formula is C19H27NO3. The molecule has 0 heterocycles. The molecule has 1 N–H and O–H groups in total. The van der Waals surface area contributed by atoms with Crippen molar-refractivity contribution in [2.45, 2.75) is 45.4 Å². The molecular weight excluding hydrogens is 290 g/mol. The lowest BCUT2D eigenvalue weighted by molar-refractivity contribution is 0.0546. The molecule has 0 unspecified atom stereocenters. The highest BCUT2D eigenvalue weighted by Gasteiger charge is 2.16. The van der Waals surface area contributed by atoms with Crippen molar-refractivity contribution in [3.63, 3.8) is 0 Å². The Bertz CT molecular complexity index is 511. The van der Waals surface area contributed by atoms with Gasteiger partial charge in [0.2, 0.25) is 0 Å². The van der Waals surface area contributed by atoms with Gasteiger partial charge in [0.05, 0.1) is 11.1 Å². The van der Waals surface area contributed by atoms with Crippen LogP contribution in [0.25, 0.3) is 0 Å². The van der Waals surface area contributed by atoms with Crippen molar-refractivity contribution in [1.82, 2.24) is 5.32 Å². The van der Waals surface area contributed by atoms with E-state index in [1.807, 2.05) is 0 Å². The zero-order chi connectivity index (χ0) is 16.9. The van der Waals surface area contributed by atoms with Gasteiger partial charge in [-0.3, -0.25) is 4.79 Å². The standard InChI is InChI=1S/C19H27NO3/c1-3-5-6-7-8-11-14-20-18(21)16-12-9-10-13-17(16)19(22)23-15-4-2/h4,9-10,12-13H,2-3,5-8,11,14-15H2,1H3,(H,20,21). The molecule has 0 atom stereocenters. The third kappa shape index (κ3) is 7.13. The summed E-state index contributed by atoms with van der Waals surface area (Å²) in [6, 6.07) is 6.70. The van der Waals surface area contributed by atoms with E-state index in [2.05, 4.69) is 18.8 Å². The Morgan fingerprint density at radius 3 is 2.43 bits per heavy atom. The smallest absolute Gasteiger partial charge is 0.339 e. The zero-order valence-corrected chi connectivity index (χ0v) is 14.0. The summed E-state index contributed by atoms with van der Waals surface area (Å²) < 4.78 is 5.01. The third-order valence-corrected chi connectivity index (χ3v) is 3.54. The molecule has 4 heteroatoms. The molecule has 0 spiro atoms. The number of rotatable bonds is 11. The van der Waals surface area contributed by atoms with Crippen molar-refractivity contribution < 1.29 is 14.3 Å². The molecule has 0 bridgehead atoms. The molecule has 0 aliphatic rings. The molecule has 126 valence electrons. The first kappa shape index (κ1) is 18.9. The van der Waals surface area contributed by atoms with E-state index in [0.717, 1.165) is 12.8 Å². The Labute approximate surface area is 138 Å². The van der Waals surface area contributed by atoms with Crippen LogP contribution in [0.3, 0.4) is 0 Å². The highest BCUT2D eigenvalue weighted by Crippen LogP contribution is 2.11. The first-order valence-corrected chi connectivity index (χ1v) is 8.36. The molecule has 1 rings (SSSR count). The van der Waals surface area contributed by atoms with Crippen molar-refractivity contribution in [3.8, 4) is 0 Å². The van der Waals surface area contributed by atoms with Crippen molar-refractivity contribution in [3.05, 3.63) is 48.0 Å². The number of amides is 1. The fraction of sp³-hybridized carbons (Fsp3) is 0.474. The van der Waals surface area contributed by atoms with Crippen LogP contribution < -0.4 is 5.32 Å². The summed E-state index contributed by atoms with van der Waals surface area (Å²) in [7, 11) is 0. The van der Waals surface area contributed by atoms with E-state index < -0.39 is 5.97 Å². The molecule has 1 aromatic carbocycles. The lowest BCUT2D eigenvalue weighted by atomic mass is 10.1. The highest BCUT2D eigenvalue weighted by atomic mass is 16.5. The van der Waals surface area contributed by atoms with Gasteiger partial charge in [0, 0.05) is 6.54 Å². The lowest BCUT2D eigenvalue weighted by Crippen LogP contribution is -2.26. The predicted molar refractivity (Wildman–Crippen MR) is 92.6 cm³/mol. The summed E-state index contributed by atoms with van der Waals surface area (Å²) in [5.41, 5.74) is 0.641. The summed E-state index contributed by atoms with van der Waals surface area (Å²) in [4.78, 5) is 24.2. The van der Waals surface area contributed by atoms with Crippen molar-refractivity contribution >= 4 is 11.9 Å². The first-order valence-electron chi connectivity index (χ1n) is 8.36. The number of unbranched alkanes of at least 4 members (excludes halogenated alkanes) is 5. The Hall–Kier alpha value is -2.10. The molecule has 1 aromatic rings. The van der Waals surface area contributed by atoms with Gasteiger partial charge in [-0.15, -0.1) is 0 Å². The average molecular weight is 317 g/mol. The maximum atomic E-state index is 12.2. The monoisotopic (exact) mass is 317 g/mol. The van der Waals surface area contributed by atoms with Crippen LogP contribution in [0.2, 0.25) is 0 Å². The van der Waals surface area contributed by atoms with Gasteiger partial charge in [-0.2, -0.15) is 0 Å². The van der Waals surface area contributed by atoms with Crippen LogP contribution in [0.15, 0.2) is 36.9 Å².